The van der Waals surface area contributed by atoms with E-state index in [4.69, 9.17) is 4.74 Å². The summed E-state index contributed by atoms with van der Waals surface area (Å²) in [6, 6.07) is 5.46. The van der Waals surface area contributed by atoms with Crippen molar-refractivity contribution < 1.29 is 9.53 Å². The maximum absolute atomic E-state index is 11.7. The number of ketones is 1. The molecule has 1 aromatic rings. The Morgan fingerprint density at radius 1 is 1.50 bits per heavy atom. The molecule has 0 N–H and O–H groups in total. The van der Waals surface area contributed by atoms with E-state index in [9.17, 15) is 4.79 Å². The summed E-state index contributed by atoms with van der Waals surface area (Å²) in [5.74, 6) is 0.775. The minimum absolute atomic E-state index is 0.130. The van der Waals surface area contributed by atoms with Crippen molar-refractivity contribution in [1.82, 2.24) is 0 Å². The number of Topliss-reactive ketones (excluding diaryl/α,β-unsaturated/α-hetero) is 1. The molecule has 0 atom stereocenters. The van der Waals surface area contributed by atoms with E-state index < -0.39 is 0 Å². The summed E-state index contributed by atoms with van der Waals surface area (Å²) in [6.45, 7) is 1.99. The molecule has 0 aliphatic carbocycles. The summed E-state index contributed by atoms with van der Waals surface area (Å²) in [4.78, 5) is 11.7. The van der Waals surface area contributed by atoms with Crippen molar-refractivity contribution in [3.8, 4) is 5.75 Å². The highest BCUT2D eigenvalue weighted by Crippen LogP contribution is 2.24. The van der Waals surface area contributed by atoms with E-state index in [0.29, 0.717) is 17.7 Å². The van der Waals surface area contributed by atoms with Crippen molar-refractivity contribution in [2.24, 2.45) is 0 Å². The van der Waals surface area contributed by atoms with Gasteiger partial charge in [-0.25, -0.2) is 0 Å². The van der Waals surface area contributed by atoms with Crippen LogP contribution in [-0.4, -0.2) is 12.9 Å². The van der Waals surface area contributed by atoms with Gasteiger partial charge in [-0.15, -0.1) is 0 Å². The van der Waals surface area contributed by atoms with Gasteiger partial charge >= 0.3 is 0 Å². The van der Waals surface area contributed by atoms with Crippen molar-refractivity contribution in [1.29, 1.82) is 0 Å². The molecule has 0 aliphatic rings. The molecule has 0 amide bonds. The van der Waals surface area contributed by atoms with E-state index in [2.05, 4.69) is 15.9 Å². The fourth-order valence-electron chi connectivity index (χ4n) is 1.26. The minimum atomic E-state index is 0.130. The number of methoxy groups -OCH3 is 1. The smallest absolute Gasteiger partial charge is 0.166 e. The summed E-state index contributed by atoms with van der Waals surface area (Å²) >= 11 is 3.34. The first-order valence-electron chi connectivity index (χ1n) is 4.55. The summed E-state index contributed by atoms with van der Waals surface area (Å²) in [5, 5.41) is 0. The Balaban J connectivity index is 3.03. The second-order valence-electron chi connectivity index (χ2n) is 3.02. The van der Waals surface area contributed by atoms with Crippen molar-refractivity contribution in [2.45, 2.75) is 19.8 Å². The zero-order chi connectivity index (χ0) is 10.6. The minimum Gasteiger partial charge on any atom is -0.496 e. The lowest BCUT2D eigenvalue weighted by atomic mass is 10.1. The molecule has 0 saturated carbocycles. The van der Waals surface area contributed by atoms with Crippen LogP contribution in [0.5, 0.6) is 5.75 Å². The lowest BCUT2D eigenvalue weighted by molar-refractivity contribution is 0.0978. The predicted molar refractivity (Wildman–Crippen MR) is 59.9 cm³/mol. The third-order valence-electron chi connectivity index (χ3n) is 1.94. The van der Waals surface area contributed by atoms with Gasteiger partial charge in [0, 0.05) is 10.9 Å². The van der Waals surface area contributed by atoms with Crippen LogP contribution >= 0.6 is 15.9 Å². The second kappa shape index (κ2) is 5.15. The van der Waals surface area contributed by atoms with E-state index >= 15 is 0 Å². The first kappa shape index (κ1) is 11.2. The highest BCUT2D eigenvalue weighted by atomic mass is 79.9. The van der Waals surface area contributed by atoms with Gasteiger partial charge in [0.05, 0.1) is 12.7 Å². The van der Waals surface area contributed by atoms with Crippen LogP contribution in [0.25, 0.3) is 0 Å². The number of hydrogen-bond acceptors (Lipinski definition) is 2. The molecule has 76 valence electrons. The van der Waals surface area contributed by atoms with E-state index in [1.165, 1.54) is 0 Å². The largest absolute Gasteiger partial charge is 0.496 e. The molecular weight excluding hydrogens is 244 g/mol. The van der Waals surface area contributed by atoms with E-state index in [1.807, 2.05) is 13.0 Å². The van der Waals surface area contributed by atoms with Crippen molar-refractivity contribution in [3.05, 3.63) is 28.2 Å². The number of benzene rings is 1. The van der Waals surface area contributed by atoms with Crippen LogP contribution in [0.1, 0.15) is 30.1 Å². The zero-order valence-corrected chi connectivity index (χ0v) is 9.93. The third kappa shape index (κ3) is 2.58. The Hall–Kier alpha value is -0.830. The molecule has 2 nitrogen and oxygen atoms in total. The fraction of sp³-hybridized carbons (Fsp3) is 0.364. The van der Waals surface area contributed by atoms with Gasteiger partial charge in [0.2, 0.25) is 0 Å². The normalized spacial score (nSPS) is 9.93. The molecule has 0 aromatic heterocycles. The van der Waals surface area contributed by atoms with Crippen LogP contribution in [0, 0.1) is 0 Å². The first-order valence-corrected chi connectivity index (χ1v) is 5.35. The van der Waals surface area contributed by atoms with Gasteiger partial charge in [0.1, 0.15) is 5.75 Å². The highest BCUT2D eigenvalue weighted by molar-refractivity contribution is 9.10. The molecule has 0 bridgehead atoms. The molecule has 0 radical (unpaired) electrons. The second-order valence-corrected chi connectivity index (χ2v) is 3.93. The van der Waals surface area contributed by atoms with Crippen molar-refractivity contribution in [3.63, 3.8) is 0 Å². The van der Waals surface area contributed by atoms with Crippen LogP contribution in [-0.2, 0) is 0 Å². The van der Waals surface area contributed by atoms with Gasteiger partial charge in [-0.2, -0.15) is 0 Å². The van der Waals surface area contributed by atoms with E-state index in [-0.39, 0.29) is 5.78 Å². The average Bonchev–Trinajstić information content (AvgIpc) is 2.18. The van der Waals surface area contributed by atoms with E-state index in [1.54, 1.807) is 19.2 Å². The SMILES string of the molecule is CCCC(=O)c1cc(Br)ccc1OC. The molecule has 0 saturated heterocycles. The molecule has 0 heterocycles. The molecule has 0 spiro atoms. The number of carbonyl (C=O) groups excluding carboxylic acids is 1. The van der Waals surface area contributed by atoms with Gasteiger partial charge < -0.3 is 4.74 Å². The Morgan fingerprint density at radius 2 is 2.21 bits per heavy atom. The maximum atomic E-state index is 11.7. The van der Waals surface area contributed by atoms with Crippen LogP contribution in [0.3, 0.4) is 0 Å². The molecule has 1 aromatic carbocycles. The van der Waals surface area contributed by atoms with E-state index in [0.717, 1.165) is 10.9 Å². The monoisotopic (exact) mass is 256 g/mol. The zero-order valence-electron chi connectivity index (χ0n) is 8.34. The highest BCUT2D eigenvalue weighted by Gasteiger charge is 2.11. The maximum Gasteiger partial charge on any atom is 0.166 e. The summed E-state index contributed by atoms with van der Waals surface area (Å²) in [5.41, 5.74) is 0.656. The number of rotatable bonds is 4. The van der Waals surface area contributed by atoms with Crippen molar-refractivity contribution >= 4 is 21.7 Å². The molecule has 1 rings (SSSR count). The quantitative estimate of drug-likeness (QED) is 0.772. The van der Waals surface area contributed by atoms with Crippen LogP contribution in [0.2, 0.25) is 0 Å². The average molecular weight is 257 g/mol. The predicted octanol–water partition coefficient (Wildman–Crippen LogP) is 3.44. The number of halogens is 1. The Kier molecular flexibility index (Phi) is 4.14. The third-order valence-corrected chi connectivity index (χ3v) is 2.43. The molecule has 3 heteroatoms. The molecular formula is C11H13BrO2. The number of hydrogen-bond donors (Lipinski definition) is 0. The van der Waals surface area contributed by atoms with Gasteiger partial charge in [-0.3, -0.25) is 4.79 Å². The summed E-state index contributed by atoms with van der Waals surface area (Å²) in [7, 11) is 1.58. The fourth-order valence-corrected chi connectivity index (χ4v) is 1.62. The van der Waals surface area contributed by atoms with Gasteiger partial charge in [-0.05, 0) is 24.6 Å². The van der Waals surface area contributed by atoms with Crippen LogP contribution < -0.4 is 4.74 Å². The summed E-state index contributed by atoms with van der Waals surface area (Å²) in [6.07, 6.45) is 1.42. The van der Waals surface area contributed by atoms with Crippen molar-refractivity contribution in [2.75, 3.05) is 7.11 Å². The standard InChI is InChI=1S/C11H13BrO2/c1-3-4-10(13)9-7-8(12)5-6-11(9)14-2/h5-7H,3-4H2,1-2H3. The van der Waals surface area contributed by atoms with Crippen LogP contribution in [0.15, 0.2) is 22.7 Å². The lowest BCUT2D eigenvalue weighted by Gasteiger charge is -2.07. The van der Waals surface area contributed by atoms with Gasteiger partial charge in [-0.1, -0.05) is 22.9 Å². The molecule has 0 unspecified atom stereocenters. The van der Waals surface area contributed by atoms with Crippen LogP contribution in [0.4, 0.5) is 0 Å². The Labute approximate surface area is 92.4 Å². The molecule has 0 aliphatic heterocycles. The molecule has 0 fully saturated rings. The Bertz CT molecular complexity index is 334. The first-order chi connectivity index (χ1) is 6.69. The number of ether oxygens (including phenoxy) is 1. The van der Waals surface area contributed by atoms with Gasteiger partial charge in [0.25, 0.3) is 0 Å². The lowest BCUT2D eigenvalue weighted by Crippen LogP contribution is -2.01. The molecule has 14 heavy (non-hydrogen) atoms. The Morgan fingerprint density at radius 3 is 2.79 bits per heavy atom. The summed E-state index contributed by atoms with van der Waals surface area (Å²) < 4.78 is 6.03. The van der Waals surface area contributed by atoms with Gasteiger partial charge in [0.15, 0.2) is 5.78 Å². The topological polar surface area (TPSA) is 26.3 Å². The number of carbonyl (C=O) groups is 1.